The van der Waals surface area contributed by atoms with Gasteiger partial charge in [0.15, 0.2) is 5.16 Å². The molecule has 0 saturated heterocycles. The summed E-state index contributed by atoms with van der Waals surface area (Å²) in [7, 11) is 0. The van der Waals surface area contributed by atoms with Gasteiger partial charge in [-0.25, -0.2) is 4.98 Å². The van der Waals surface area contributed by atoms with Crippen LogP contribution in [0.3, 0.4) is 0 Å². The Labute approximate surface area is 139 Å². The molecule has 1 N–H and O–H groups in total. The van der Waals surface area contributed by atoms with E-state index in [-0.39, 0.29) is 5.56 Å². The van der Waals surface area contributed by atoms with Crippen LogP contribution >= 0.6 is 11.8 Å². The van der Waals surface area contributed by atoms with Crippen LogP contribution in [0.1, 0.15) is 20.8 Å². The molecule has 0 aliphatic heterocycles. The second-order valence-corrected chi connectivity index (χ2v) is 7.20. The summed E-state index contributed by atoms with van der Waals surface area (Å²) in [5.41, 5.74) is -0.127. The third-order valence-electron chi connectivity index (χ3n) is 3.66. The summed E-state index contributed by atoms with van der Waals surface area (Å²) in [4.78, 5) is 17.5. The predicted octanol–water partition coefficient (Wildman–Crippen LogP) is 3.43. The number of aliphatic hydroxyl groups is 1. The first-order valence-corrected chi connectivity index (χ1v) is 8.66. The lowest BCUT2D eigenvalue weighted by atomic mass is 10.1. The molecule has 5 heteroatoms. The van der Waals surface area contributed by atoms with Crippen LogP contribution in [0.2, 0.25) is 0 Å². The highest BCUT2D eigenvalue weighted by molar-refractivity contribution is 7.99. The van der Waals surface area contributed by atoms with Crippen molar-refractivity contribution in [1.29, 1.82) is 0 Å². The SMILES string of the molecule is CCn1c(SCC(C)(C)O)nc2cc3ccccc3cc2c1=O. The Bertz CT molecular complexity index is 926. The van der Waals surface area contributed by atoms with Crippen LogP contribution in [0.4, 0.5) is 0 Å². The first-order valence-electron chi connectivity index (χ1n) is 7.67. The molecule has 0 atom stereocenters. The highest BCUT2D eigenvalue weighted by Crippen LogP contribution is 2.24. The first-order chi connectivity index (χ1) is 10.9. The zero-order valence-electron chi connectivity index (χ0n) is 13.5. The van der Waals surface area contributed by atoms with Crippen LogP contribution in [-0.4, -0.2) is 26.0 Å². The minimum atomic E-state index is -0.806. The third-order valence-corrected chi connectivity index (χ3v) is 5.08. The second kappa shape index (κ2) is 5.98. The zero-order valence-corrected chi connectivity index (χ0v) is 14.4. The maximum atomic E-state index is 12.8. The Kier molecular flexibility index (Phi) is 4.17. The van der Waals surface area contributed by atoms with Gasteiger partial charge in [-0.3, -0.25) is 9.36 Å². The van der Waals surface area contributed by atoms with Crippen molar-refractivity contribution in [2.45, 2.75) is 38.1 Å². The average Bonchev–Trinajstić information content (AvgIpc) is 2.51. The van der Waals surface area contributed by atoms with Gasteiger partial charge >= 0.3 is 0 Å². The van der Waals surface area contributed by atoms with E-state index < -0.39 is 5.60 Å². The smallest absolute Gasteiger partial charge is 0.262 e. The van der Waals surface area contributed by atoms with E-state index in [2.05, 4.69) is 4.98 Å². The van der Waals surface area contributed by atoms with Crippen LogP contribution in [-0.2, 0) is 6.54 Å². The van der Waals surface area contributed by atoms with Gasteiger partial charge in [-0.2, -0.15) is 0 Å². The summed E-state index contributed by atoms with van der Waals surface area (Å²) in [5.74, 6) is 0.485. The van der Waals surface area contributed by atoms with Crippen molar-refractivity contribution in [2.24, 2.45) is 0 Å². The lowest BCUT2D eigenvalue weighted by molar-refractivity contribution is 0.107. The van der Waals surface area contributed by atoms with Gasteiger partial charge in [0.2, 0.25) is 0 Å². The number of nitrogens with zero attached hydrogens (tertiary/aromatic N) is 2. The fraction of sp³-hybridized carbons (Fsp3) is 0.333. The molecule has 3 rings (SSSR count). The van der Waals surface area contributed by atoms with Gasteiger partial charge < -0.3 is 5.11 Å². The number of benzene rings is 2. The van der Waals surface area contributed by atoms with Crippen LogP contribution in [0, 0.1) is 0 Å². The standard InChI is InChI=1S/C18H20N2O2S/c1-4-20-16(21)14-9-12-7-5-6-8-13(12)10-15(14)19-17(20)23-11-18(2,3)22/h5-10,22H,4,11H2,1-3H3. The molecule has 0 bridgehead atoms. The molecule has 120 valence electrons. The molecule has 0 radical (unpaired) electrons. The van der Waals surface area contributed by atoms with Crippen LogP contribution in [0.15, 0.2) is 46.3 Å². The summed E-state index contributed by atoms with van der Waals surface area (Å²) >= 11 is 1.41. The first kappa shape index (κ1) is 16.0. The molecule has 3 aromatic rings. The van der Waals surface area contributed by atoms with Crippen LogP contribution in [0.5, 0.6) is 0 Å². The van der Waals surface area contributed by atoms with Gasteiger partial charge in [-0.15, -0.1) is 0 Å². The van der Waals surface area contributed by atoms with Crippen molar-refractivity contribution in [3.8, 4) is 0 Å². The van der Waals surface area contributed by atoms with E-state index >= 15 is 0 Å². The maximum absolute atomic E-state index is 12.8. The summed E-state index contributed by atoms with van der Waals surface area (Å²) in [5, 5.41) is 13.3. The van der Waals surface area contributed by atoms with Crippen LogP contribution in [0.25, 0.3) is 21.7 Å². The Morgan fingerprint density at radius 2 is 1.87 bits per heavy atom. The Hall–Kier alpha value is -1.85. The number of hydrogen-bond acceptors (Lipinski definition) is 4. The van der Waals surface area contributed by atoms with E-state index in [0.29, 0.717) is 28.4 Å². The van der Waals surface area contributed by atoms with E-state index in [1.54, 1.807) is 18.4 Å². The number of rotatable bonds is 4. The summed E-state index contributed by atoms with van der Waals surface area (Å²) in [6.45, 7) is 6.00. The van der Waals surface area contributed by atoms with Crippen molar-refractivity contribution in [2.75, 3.05) is 5.75 Å². The molecule has 4 nitrogen and oxygen atoms in total. The van der Waals surface area contributed by atoms with Gasteiger partial charge in [0, 0.05) is 12.3 Å². The van der Waals surface area contributed by atoms with Gasteiger partial charge in [-0.1, -0.05) is 36.0 Å². The van der Waals surface area contributed by atoms with Crippen molar-refractivity contribution in [3.05, 3.63) is 46.8 Å². The van der Waals surface area contributed by atoms with Gasteiger partial charge in [0.25, 0.3) is 5.56 Å². The van der Waals surface area contributed by atoms with E-state index in [1.807, 2.05) is 43.3 Å². The summed E-state index contributed by atoms with van der Waals surface area (Å²) in [6, 6.07) is 11.8. The molecule has 23 heavy (non-hydrogen) atoms. The van der Waals surface area contributed by atoms with E-state index in [1.165, 1.54) is 11.8 Å². The number of fused-ring (bicyclic) bond motifs is 2. The zero-order chi connectivity index (χ0) is 16.6. The second-order valence-electron chi connectivity index (χ2n) is 6.26. The third kappa shape index (κ3) is 3.26. The monoisotopic (exact) mass is 328 g/mol. The molecule has 0 aliphatic carbocycles. The molecule has 0 fully saturated rings. The van der Waals surface area contributed by atoms with E-state index in [0.717, 1.165) is 10.8 Å². The van der Waals surface area contributed by atoms with Crippen molar-refractivity contribution >= 4 is 33.4 Å². The maximum Gasteiger partial charge on any atom is 0.262 e. The van der Waals surface area contributed by atoms with E-state index in [4.69, 9.17) is 0 Å². The fourth-order valence-corrected chi connectivity index (χ4v) is 3.53. The van der Waals surface area contributed by atoms with Gasteiger partial charge in [0.1, 0.15) is 0 Å². The number of hydrogen-bond donors (Lipinski definition) is 1. The van der Waals surface area contributed by atoms with E-state index in [9.17, 15) is 9.90 Å². The fourth-order valence-electron chi connectivity index (χ4n) is 2.52. The minimum Gasteiger partial charge on any atom is -0.390 e. The molecule has 1 heterocycles. The van der Waals surface area contributed by atoms with Crippen molar-refractivity contribution < 1.29 is 5.11 Å². The number of thioether (sulfide) groups is 1. The Morgan fingerprint density at radius 3 is 2.48 bits per heavy atom. The molecule has 0 aliphatic rings. The lowest BCUT2D eigenvalue weighted by Crippen LogP contribution is -2.25. The molecule has 1 aromatic heterocycles. The lowest BCUT2D eigenvalue weighted by Gasteiger charge is -2.18. The Morgan fingerprint density at radius 1 is 1.22 bits per heavy atom. The molecule has 0 amide bonds. The van der Waals surface area contributed by atoms with Crippen molar-refractivity contribution in [1.82, 2.24) is 9.55 Å². The molecule has 0 spiro atoms. The highest BCUT2D eigenvalue weighted by Gasteiger charge is 2.17. The molecule has 0 saturated carbocycles. The quantitative estimate of drug-likeness (QED) is 0.453. The number of aromatic nitrogens is 2. The summed E-state index contributed by atoms with van der Waals surface area (Å²) < 4.78 is 1.67. The molecular formula is C18H20N2O2S. The normalized spacial score (nSPS) is 12.2. The largest absolute Gasteiger partial charge is 0.390 e. The highest BCUT2D eigenvalue weighted by atomic mass is 32.2. The molecule has 2 aromatic carbocycles. The van der Waals surface area contributed by atoms with Crippen LogP contribution < -0.4 is 5.56 Å². The average molecular weight is 328 g/mol. The van der Waals surface area contributed by atoms with Gasteiger partial charge in [-0.05, 0) is 43.7 Å². The van der Waals surface area contributed by atoms with Gasteiger partial charge in [0.05, 0.1) is 16.5 Å². The topological polar surface area (TPSA) is 55.1 Å². The predicted molar refractivity (Wildman–Crippen MR) is 96.2 cm³/mol. The summed E-state index contributed by atoms with van der Waals surface area (Å²) in [6.07, 6.45) is 0. The molecular weight excluding hydrogens is 308 g/mol. The van der Waals surface area contributed by atoms with Crippen molar-refractivity contribution in [3.63, 3.8) is 0 Å². The minimum absolute atomic E-state index is 0.0264. The molecule has 0 unspecified atom stereocenters. The Balaban J connectivity index is 2.20.